The Hall–Kier alpha value is -1.91. The second-order valence-electron chi connectivity index (χ2n) is 6.29. The van der Waals surface area contributed by atoms with Gasteiger partial charge in [0.1, 0.15) is 6.26 Å². The molecule has 28 heavy (non-hydrogen) atoms. The summed E-state index contributed by atoms with van der Waals surface area (Å²) in [6.07, 6.45) is 1.13. The zero-order valence-electron chi connectivity index (χ0n) is 15.4. The average Bonchev–Trinajstić information content (AvgIpc) is 3.21. The lowest BCUT2D eigenvalue weighted by Gasteiger charge is -2.35. The number of sulfonamides is 1. The molecule has 1 aromatic carbocycles. The summed E-state index contributed by atoms with van der Waals surface area (Å²) in [5.41, 5.74) is 1.17. The second kappa shape index (κ2) is 9.06. The van der Waals surface area contributed by atoms with E-state index in [0.29, 0.717) is 24.8 Å². The third-order valence-electron chi connectivity index (χ3n) is 4.57. The van der Waals surface area contributed by atoms with Crippen LogP contribution < -0.4 is 10.0 Å². The Balaban J connectivity index is 1.72. The minimum Gasteiger partial charge on any atom is -0.451 e. The van der Waals surface area contributed by atoms with E-state index in [2.05, 4.69) is 14.9 Å². The minimum absolute atomic E-state index is 0.0578. The lowest BCUT2D eigenvalue weighted by molar-refractivity contribution is 0.0162. The Labute approximate surface area is 168 Å². The third kappa shape index (κ3) is 4.92. The van der Waals surface area contributed by atoms with Crippen LogP contribution in [0.15, 0.2) is 46.1 Å². The molecule has 1 fully saturated rings. The molecule has 1 aromatic heterocycles. The molecule has 2 N–H and O–H groups in total. The molecule has 152 valence electrons. The first-order chi connectivity index (χ1) is 13.4. The van der Waals surface area contributed by atoms with E-state index in [-0.39, 0.29) is 16.7 Å². The summed E-state index contributed by atoms with van der Waals surface area (Å²) in [5.74, 6) is -0.409. The van der Waals surface area contributed by atoms with Gasteiger partial charge in [0.05, 0.1) is 24.8 Å². The van der Waals surface area contributed by atoms with Crippen molar-refractivity contribution in [2.24, 2.45) is 0 Å². The molecule has 1 unspecified atom stereocenters. The maximum Gasteiger partial charge on any atom is 0.273 e. The zero-order valence-corrected chi connectivity index (χ0v) is 16.9. The Bertz CT molecular complexity index is 908. The lowest BCUT2D eigenvalue weighted by atomic mass is 10.0. The van der Waals surface area contributed by atoms with Gasteiger partial charge in [-0.05, 0) is 24.7 Å². The Kier molecular flexibility index (Phi) is 6.73. The summed E-state index contributed by atoms with van der Waals surface area (Å²) < 4.78 is 36.1. The monoisotopic (exact) mass is 427 g/mol. The molecule has 10 heteroatoms. The number of hydrogen-bond donors (Lipinski definition) is 2. The maximum absolute atomic E-state index is 12.5. The molecule has 0 radical (unpaired) electrons. The number of furan rings is 1. The second-order valence-corrected chi connectivity index (χ2v) is 8.54. The van der Waals surface area contributed by atoms with E-state index in [1.807, 2.05) is 24.3 Å². The highest BCUT2D eigenvalue weighted by Gasteiger charge is 2.24. The standard InChI is InChI=1S/C18H22ClN3O5S/c1-20-28(24,25)17-10-14(12-27-17)18(23)21-11-16(22-6-8-26-9-7-22)13-2-4-15(19)5-3-13/h2-5,10,12,16,20H,6-9,11H2,1H3,(H,21,23). The van der Waals surface area contributed by atoms with Gasteiger partial charge in [0.2, 0.25) is 5.09 Å². The fraction of sp³-hybridized carbons (Fsp3) is 0.389. The summed E-state index contributed by atoms with van der Waals surface area (Å²) in [6, 6.07) is 8.65. The number of benzene rings is 1. The highest BCUT2D eigenvalue weighted by molar-refractivity contribution is 7.89. The van der Waals surface area contributed by atoms with E-state index in [9.17, 15) is 13.2 Å². The molecule has 0 saturated carbocycles. The van der Waals surface area contributed by atoms with Crippen molar-refractivity contribution < 1.29 is 22.4 Å². The van der Waals surface area contributed by atoms with Crippen LogP contribution in [0.1, 0.15) is 22.0 Å². The molecule has 1 aliphatic heterocycles. The van der Waals surface area contributed by atoms with Crippen molar-refractivity contribution in [2.45, 2.75) is 11.1 Å². The summed E-state index contributed by atoms with van der Waals surface area (Å²) in [7, 11) is -2.46. The molecule has 1 amide bonds. The normalized spacial score (nSPS) is 16.6. The van der Waals surface area contributed by atoms with Gasteiger partial charge < -0.3 is 14.5 Å². The van der Waals surface area contributed by atoms with Gasteiger partial charge in [0.15, 0.2) is 0 Å². The van der Waals surface area contributed by atoms with Crippen molar-refractivity contribution in [3.05, 3.63) is 52.7 Å². The Morgan fingerprint density at radius 1 is 1.25 bits per heavy atom. The summed E-state index contributed by atoms with van der Waals surface area (Å²) in [5, 5.41) is 3.20. The lowest BCUT2D eigenvalue weighted by Crippen LogP contribution is -2.43. The predicted molar refractivity (Wildman–Crippen MR) is 104 cm³/mol. The number of amides is 1. The molecule has 2 heterocycles. The van der Waals surface area contributed by atoms with Crippen LogP contribution in [-0.4, -0.2) is 59.1 Å². The molecular weight excluding hydrogens is 406 g/mol. The number of carbonyl (C=O) groups excluding carboxylic acids is 1. The molecule has 3 rings (SSSR count). The van der Waals surface area contributed by atoms with Crippen LogP contribution in [0.25, 0.3) is 0 Å². The van der Waals surface area contributed by atoms with E-state index >= 15 is 0 Å². The summed E-state index contributed by atoms with van der Waals surface area (Å²) in [4.78, 5) is 14.7. The zero-order chi connectivity index (χ0) is 20.1. The van der Waals surface area contributed by atoms with Gasteiger partial charge in [-0.2, -0.15) is 0 Å². The van der Waals surface area contributed by atoms with Gasteiger partial charge in [-0.15, -0.1) is 0 Å². The van der Waals surface area contributed by atoms with Crippen molar-refractivity contribution in [2.75, 3.05) is 39.9 Å². The van der Waals surface area contributed by atoms with Crippen LogP contribution in [0.2, 0.25) is 5.02 Å². The molecule has 0 spiro atoms. The van der Waals surface area contributed by atoms with Crippen molar-refractivity contribution in [3.8, 4) is 0 Å². The van der Waals surface area contributed by atoms with Crippen molar-refractivity contribution in [3.63, 3.8) is 0 Å². The third-order valence-corrected chi connectivity index (χ3v) is 6.10. The largest absolute Gasteiger partial charge is 0.451 e. The van der Waals surface area contributed by atoms with Crippen molar-refractivity contribution >= 4 is 27.5 Å². The van der Waals surface area contributed by atoms with Gasteiger partial charge in [0, 0.05) is 30.7 Å². The van der Waals surface area contributed by atoms with E-state index < -0.39 is 15.9 Å². The van der Waals surface area contributed by atoms with Crippen LogP contribution in [0.3, 0.4) is 0 Å². The molecule has 1 atom stereocenters. The molecule has 1 aliphatic rings. The fourth-order valence-corrected chi connectivity index (χ4v) is 3.78. The van der Waals surface area contributed by atoms with Crippen LogP contribution >= 0.6 is 11.6 Å². The number of rotatable bonds is 7. The van der Waals surface area contributed by atoms with E-state index in [1.54, 1.807) is 0 Å². The first-order valence-electron chi connectivity index (χ1n) is 8.78. The van der Waals surface area contributed by atoms with E-state index in [0.717, 1.165) is 24.9 Å². The molecule has 1 saturated heterocycles. The first kappa shape index (κ1) is 20.8. The smallest absolute Gasteiger partial charge is 0.273 e. The molecular formula is C18H22ClN3O5S. The SMILES string of the molecule is CNS(=O)(=O)c1cc(C(=O)NCC(c2ccc(Cl)cc2)N2CCOCC2)co1. The van der Waals surface area contributed by atoms with Crippen LogP contribution in [0.4, 0.5) is 0 Å². The Morgan fingerprint density at radius 3 is 2.57 bits per heavy atom. The van der Waals surface area contributed by atoms with Crippen LogP contribution in [0, 0.1) is 0 Å². The highest BCUT2D eigenvalue weighted by atomic mass is 35.5. The quantitative estimate of drug-likeness (QED) is 0.696. The summed E-state index contributed by atoms with van der Waals surface area (Å²) >= 11 is 5.99. The van der Waals surface area contributed by atoms with Crippen LogP contribution in [-0.2, 0) is 14.8 Å². The number of nitrogens with zero attached hydrogens (tertiary/aromatic N) is 1. The van der Waals surface area contributed by atoms with E-state index in [4.69, 9.17) is 20.8 Å². The number of morpholine rings is 1. The fourth-order valence-electron chi connectivity index (χ4n) is 3.00. The topological polar surface area (TPSA) is 101 Å². The van der Waals surface area contributed by atoms with Crippen molar-refractivity contribution in [1.29, 1.82) is 0 Å². The predicted octanol–water partition coefficient (Wildman–Crippen LogP) is 1.64. The molecule has 2 aromatic rings. The number of carbonyl (C=O) groups is 1. The number of halogens is 1. The minimum atomic E-state index is -3.74. The summed E-state index contributed by atoms with van der Waals surface area (Å²) in [6.45, 7) is 3.11. The number of ether oxygens (including phenoxy) is 1. The molecule has 8 nitrogen and oxygen atoms in total. The van der Waals surface area contributed by atoms with Gasteiger partial charge in [-0.3, -0.25) is 9.69 Å². The van der Waals surface area contributed by atoms with Gasteiger partial charge in [0.25, 0.3) is 15.9 Å². The van der Waals surface area contributed by atoms with Gasteiger partial charge in [-0.1, -0.05) is 23.7 Å². The van der Waals surface area contributed by atoms with Gasteiger partial charge >= 0.3 is 0 Å². The molecule has 0 bridgehead atoms. The highest BCUT2D eigenvalue weighted by Crippen LogP contribution is 2.23. The van der Waals surface area contributed by atoms with Gasteiger partial charge in [-0.25, -0.2) is 13.1 Å². The average molecular weight is 428 g/mol. The maximum atomic E-state index is 12.5. The number of hydrogen-bond acceptors (Lipinski definition) is 6. The van der Waals surface area contributed by atoms with Crippen molar-refractivity contribution in [1.82, 2.24) is 14.9 Å². The number of nitrogens with one attached hydrogen (secondary N) is 2. The van der Waals surface area contributed by atoms with E-state index in [1.165, 1.54) is 13.1 Å². The van der Waals surface area contributed by atoms with Crippen LogP contribution in [0.5, 0.6) is 0 Å². The Morgan fingerprint density at radius 2 is 1.93 bits per heavy atom. The first-order valence-corrected chi connectivity index (χ1v) is 10.6. The molecule has 0 aliphatic carbocycles.